The van der Waals surface area contributed by atoms with Crippen molar-refractivity contribution in [3.63, 3.8) is 0 Å². The highest BCUT2D eigenvalue weighted by atomic mass is 16.2. The minimum Gasteiger partial charge on any atom is -0.352 e. The average molecular weight is 287 g/mol. The van der Waals surface area contributed by atoms with Crippen LogP contribution in [-0.2, 0) is 17.9 Å². The van der Waals surface area contributed by atoms with Crippen LogP contribution in [0.2, 0.25) is 0 Å². The van der Waals surface area contributed by atoms with Crippen molar-refractivity contribution in [3.8, 4) is 0 Å². The van der Waals surface area contributed by atoms with Crippen LogP contribution in [0.4, 0.5) is 0 Å². The Hall–Kier alpha value is -1.81. The molecule has 4 nitrogen and oxygen atoms in total. The third-order valence-corrected chi connectivity index (χ3v) is 3.90. The van der Waals surface area contributed by atoms with E-state index in [0.29, 0.717) is 6.54 Å². The lowest BCUT2D eigenvalue weighted by Crippen LogP contribution is -2.36. The van der Waals surface area contributed by atoms with Crippen LogP contribution < -0.4 is 10.6 Å². The van der Waals surface area contributed by atoms with Crippen LogP contribution in [0.5, 0.6) is 0 Å². The fourth-order valence-corrected chi connectivity index (χ4v) is 2.71. The predicted octanol–water partition coefficient (Wildman–Crippen LogP) is 2.67. The molecule has 2 rings (SSSR count). The first-order valence-electron chi connectivity index (χ1n) is 7.70. The largest absolute Gasteiger partial charge is 0.352 e. The van der Waals surface area contributed by atoms with E-state index in [1.54, 1.807) is 0 Å². The van der Waals surface area contributed by atoms with Crippen molar-refractivity contribution in [2.45, 2.75) is 45.8 Å². The van der Waals surface area contributed by atoms with Gasteiger partial charge in [0.05, 0.1) is 0 Å². The molecule has 0 fully saturated rings. The fourth-order valence-electron chi connectivity index (χ4n) is 2.71. The Bertz CT molecular complexity index is 599. The topological polar surface area (TPSA) is 46.1 Å². The number of fused-ring (bicyclic) bond motifs is 1. The molecule has 114 valence electrons. The summed E-state index contributed by atoms with van der Waals surface area (Å²) in [5.41, 5.74) is 2.34. The van der Waals surface area contributed by atoms with Gasteiger partial charge in [0.1, 0.15) is 6.54 Å². The van der Waals surface area contributed by atoms with Crippen molar-refractivity contribution in [2.75, 3.05) is 7.05 Å². The molecule has 0 unspecified atom stereocenters. The lowest BCUT2D eigenvalue weighted by Gasteiger charge is -2.15. The Kier molecular flexibility index (Phi) is 5.39. The Morgan fingerprint density at radius 2 is 1.95 bits per heavy atom. The molecule has 2 N–H and O–H groups in total. The second-order valence-corrected chi connectivity index (χ2v) is 5.41. The molecule has 1 heterocycles. The van der Waals surface area contributed by atoms with Crippen molar-refractivity contribution in [2.24, 2.45) is 0 Å². The first-order valence-corrected chi connectivity index (χ1v) is 7.70. The second kappa shape index (κ2) is 7.27. The van der Waals surface area contributed by atoms with Crippen molar-refractivity contribution in [1.82, 2.24) is 15.2 Å². The molecule has 0 atom stereocenters. The van der Waals surface area contributed by atoms with Gasteiger partial charge in [0.25, 0.3) is 0 Å². The van der Waals surface area contributed by atoms with E-state index in [1.807, 2.05) is 23.7 Å². The van der Waals surface area contributed by atoms with Crippen molar-refractivity contribution in [3.05, 3.63) is 36.0 Å². The van der Waals surface area contributed by atoms with Crippen LogP contribution in [0.25, 0.3) is 10.9 Å². The Morgan fingerprint density at radius 1 is 1.24 bits per heavy atom. The molecule has 1 aromatic carbocycles. The third-order valence-electron chi connectivity index (χ3n) is 3.90. The van der Waals surface area contributed by atoms with Gasteiger partial charge in [-0.05, 0) is 31.5 Å². The van der Waals surface area contributed by atoms with Crippen molar-refractivity contribution in [1.29, 1.82) is 0 Å². The highest BCUT2D eigenvalue weighted by molar-refractivity contribution is 5.86. The van der Waals surface area contributed by atoms with Crippen LogP contribution in [0.15, 0.2) is 30.5 Å². The fraction of sp³-hybridized carbons (Fsp3) is 0.471. The maximum atomic E-state index is 12.2. The molecule has 2 aromatic rings. The van der Waals surface area contributed by atoms with Gasteiger partial charge in [0, 0.05) is 29.7 Å². The monoisotopic (exact) mass is 287 g/mol. The van der Waals surface area contributed by atoms with Gasteiger partial charge in [-0.1, -0.05) is 32.0 Å². The number of carbonyl (C=O) groups is 1. The third kappa shape index (κ3) is 3.64. The number of benzene rings is 1. The van der Waals surface area contributed by atoms with Crippen LogP contribution in [0.3, 0.4) is 0 Å². The number of carbonyl (C=O) groups excluding carboxylic acids is 1. The number of nitrogens with zero attached hydrogens (tertiary/aromatic N) is 1. The lowest BCUT2D eigenvalue weighted by atomic mass is 10.2. The summed E-state index contributed by atoms with van der Waals surface area (Å²) in [5, 5.41) is 7.49. The van der Waals surface area contributed by atoms with Gasteiger partial charge in [0.2, 0.25) is 5.91 Å². The van der Waals surface area contributed by atoms with Gasteiger partial charge in [-0.15, -0.1) is 0 Å². The molecule has 0 aliphatic heterocycles. The van der Waals surface area contributed by atoms with Crippen LogP contribution in [-0.4, -0.2) is 23.6 Å². The number of hydrogen-bond donors (Lipinski definition) is 2. The summed E-state index contributed by atoms with van der Waals surface area (Å²) in [6.45, 7) is 5.39. The second-order valence-electron chi connectivity index (χ2n) is 5.41. The van der Waals surface area contributed by atoms with Crippen molar-refractivity contribution < 1.29 is 4.79 Å². The summed E-state index contributed by atoms with van der Waals surface area (Å²) in [6, 6.07) is 8.50. The highest BCUT2D eigenvalue weighted by Crippen LogP contribution is 2.21. The SMILES string of the molecule is CCC(CC)NC(=O)Cn1cc(CNC)c2ccccc21. The number of rotatable bonds is 7. The normalized spacial score (nSPS) is 11.2. The summed E-state index contributed by atoms with van der Waals surface area (Å²) in [7, 11) is 1.94. The molecule has 21 heavy (non-hydrogen) atoms. The summed E-state index contributed by atoms with van der Waals surface area (Å²) >= 11 is 0. The average Bonchev–Trinajstić information content (AvgIpc) is 2.83. The van der Waals surface area contributed by atoms with Crippen LogP contribution in [0.1, 0.15) is 32.3 Å². The zero-order valence-corrected chi connectivity index (χ0v) is 13.1. The number of aromatic nitrogens is 1. The molecule has 4 heteroatoms. The molecular formula is C17H25N3O. The number of amides is 1. The minimum atomic E-state index is 0.0838. The number of nitrogens with one attached hydrogen (secondary N) is 2. The van der Waals surface area contributed by atoms with E-state index in [1.165, 1.54) is 10.9 Å². The molecule has 1 aromatic heterocycles. The van der Waals surface area contributed by atoms with E-state index in [0.717, 1.165) is 24.9 Å². The first kappa shape index (κ1) is 15.6. The molecule has 0 spiro atoms. The molecule has 0 bridgehead atoms. The van der Waals surface area contributed by atoms with E-state index in [4.69, 9.17) is 0 Å². The summed E-state index contributed by atoms with van der Waals surface area (Å²) in [4.78, 5) is 12.2. The smallest absolute Gasteiger partial charge is 0.240 e. The molecule has 0 radical (unpaired) electrons. The lowest BCUT2D eigenvalue weighted by molar-refractivity contribution is -0.122. The standard InChI is InChI=1S/C17H25N3O/c1-4-14(5-2)19-17(21)12-20-11-13(10-18-3)15-8-6-7-9-16(15)20/h6-9,11,14,18H,4-5,10,12H2,1-3H3,(H,19,21). The maximum absolute atomic E-state index is 12.2. The van der Waals surface area contributed by atoms with E-state index in [-0.39, 0.29) is 11.9 Å². The van der Waals surface area contributed by atoms with Gasteiger partial charge >= 0.3 is 0 Å². The summed E-state index contributed by atoms with van der Waals surface area (Å²) in [5.74, 6) is 0.0838. The van der Waals surface area contributed by atoms with E-state index < -0.39 is 0 Å². The number of para-hydroxylation sites is 1. The van der Waals surface area contributed by atoms with Gasteiger partial charge in [-0.3, -0.25) is 4.79 Å². The van der Waals surface area contributed by atoms with E-state index in [2.05, 4.69) is 42.8 Å². The first-order chi connectivity index (χ1) is 10.2. The van der Waals surface area contributed by atoms with Crippen LogP contribution in [0, 0.1) is 0 Å². The van der Waals surface area contributed by atoms with Gasteiger partial charge in [-0.2, -0.15) is 0 Å². The zero-order valence-electron chi connectivity index (χ0n) is 13.1. The summed E-state index contributed by atoms with van der Waals surface area (Å²) < 4.78 is 2.04. The molecule has 0 saturated carbocycles. The van der Waals surface area contributed by atoms with E-state index >= 15 is 0 Å². The quantitative estimate of drug-likeness (QED) is 0.822. The predicted molar refractivity (Wildman–Crippen MR) is 87.2 cm³/mol. The maximum Gasteiger partial charge on any atom is 0.240 e. The molecule has 1 amide bonds. The Balaban J connectivity index is 2.20. The Morgan fingerprint density at radius 3 is 2.62 bits per heavy atom. The Labute approximate surface area is 126 Å². The summed E-state index contributed by atoms with van der Waals surface area (Å²) in [6.07, 6.45) is 4.02. The van der Waals surface area contributed by atoms with Crippen LogP contribution >= 0.6 is 0 Å². The minimum absolute atomic E-state index is 0.0838. The molecular weight excluding hydrogens is 262 g/mol. The molecule has 0 aliphatic carbocycles. The van der Waals surface area contributed by atoms with E-state index in [9.17, 15) is 4.79 Å². The van der Waals surface area contributed by atoms with Gasteiger partial charge < -0.3 is 15.2 Å². The molecule has 0 aliphatic rings. The zero-order chi connectivity index (χ0) is 15.2. The van der Waals surface area contributed by atoms with Crippen molar-refractivity contribution >= 4 is 16.8 Å². The van der Waals surface area contributed by atoms with Gasteiger partial charge in [-0.25, -0.2) is 0 Å². The highest BCUT2D eigenvalue weighted by Gasteiger charge is 2.12. The number of hydrogen-bond acceptors (Lipinski definition) is 2. The van der Waals surface area contributed by atoms with Gasteiger partial charge in [0.15, 0.2) is 0 Å². The molecule has 0 saturated heterocycles.